The molecule has 1 amide bonds. The average Bonchev–Trinajstić information content (AvgIpc) is 2.92. The maximum atomic E-state index is 12.6. The van der Waals surface area contributed by atoms with Crippen LogP contribution in [0, 0.1) is 13.8 Å². The van der Waals surface area contributed by atoms with E-state index in [0.29, 0.717) is 5.56 Å². The molecule has 5 heteroatoms. The first-order chi connectivity index (χ1) is 11.6. The molecule has 0 spiro atoms. The lowest BCUT2D eigenvalue weighted by Crippen LogP contribution is -2.12. The third-order valence-corrected chi connectivity index (χ3v) is 4.82. The Morgan fingerprint density at radius 1 is 1.08 bits per heavy atom. The third-order valence-electron chi connectivity index (χ3n) is 3.72. The van der Waals surface area contributed by atoms with Crippen LogP contribution in [-0.2, 0) is 5.75 Å². The van der Waals surface area contributed by atoms with Crippen LogP contribution in [0.25, 0.3) is 0 Å². The minimum atomic E-state index is -0.108. The van der Waals surface area contributed by atoms with Gasteiger partial charge in [0.25, 0.3) is 5.91 Å². The maximum absolute atomic E-state index is 12.6. The SMILES string of the molecule is Cc1noc(C)c1CSc1ccccc1C(=O)Nc1ccccc1. The highest BCUT2D eigenvalue weighted by molar-refractivity contribution is 7.98. The fourth-order valence-electron chi connectivity index (χ4n) is 2.36. The second-order valence-corrected chi connectivity index (χ2v) is 6.42. The van der Waals surface area contributed by atoms with E-state index in [1.54, 1.807) is 11.8 Å². The van der Waals surface area contributed by atoms with E-state index in [2.05, 4.69) is 10.5 Å². The Balaban J connectivity index is 1.76. The van der Waals surface area contributed by atoms with Crippen molar-refractivity contribution >= 4 is 23.4 Å². The molecular weight excluding hydrogens is 320 g/mol. The Hall–Kier alpha value is -2.53. The molecule has 4 nitrogen and oxygen atoms in total. The number of rotatable bonds is 5. The summed E-state index contributed by atoms with van der Waals surface area (Å²) in [5.41, 5.74) is 3.43. The number of carbonyl (C=O) groups is 1. The second-order valence-electron chi connectivity index (χ2n) is 5.41. The van der Waals surface area contributed by atoms with Gasteiger partial charge in [-0.25, -0.2) is 0 Å². The van der Waals surface area contributed by atoms with Crippen molar-refractivity contribution in [3.05, 3.63) is 77.2 Å². The highest BCUT2D eigenvalue weighted by Gasteiger charge is 2.14. The van der Waals surface area contributed by atoms with E-state index in [0.717, 1.165) is 33.4 Å². The van der Waals surface area contributed by atoms with Crippen LogP contribution in [0.1, 0.15) is 27.4 Å². The molecule has 0 saturated heterocycles. The van der Waals surface area contributed by atoms with E-state index < -0.39 is 0 Å². The van der Waals surface area contributed by atoms with Gasteiger partial charge in [-0.2, -0.15) is 0 Å². The predicted octanol–water partition coefficient (Wildman–Crippen LogP) is 4.84. The van der Waals surface area contributed by atoms with Crippen LogP contribution in [0.3, 0.4) is 0 Å². The number of benzene rings is 2. The zero-order valence-corrected chi connectivity index (χ0v) is 14.4. The summed E-state index contributed by atoms with van der Waals surface area (Å²) in [4.78, 5) is 13.5. The highest BCUT2D eigenvalue weighted by atomic mass is 32.2. The minimum absolute atomic E-state index is 0.108. The molecule has 0 unspecified atom stereocenters. The summed E-state index contributed by atoms with van der Waals surface area (Å²) in [5, 5.41) is 6.91. The molecule has 3 aromatic rings. The molecule has 24 heavy (non-hydrogen) atoms. The summed E-state index contributed by atoms with van der Waals surface area (Å²) in [6.45, 7) is 3.84. The fraction of sp³-hybridized carbons (Fsp3) is 0.158. The van der Waals surface area contributed by atoms with Gasteiger partial charge in [0.05, 0.1) is 11.3 Å². The van der Waals surface area contributed by atoms with Crippen LogP contribution in [0.2, 0.25) is 0 Å². The van der Waals surface area contributed by atoms with E-state index in [1.807, 2.05) is 68.4 Å². The van der Waals surface area contributed by atoms with E-state index in [4.69, 9.17) is 4.52 Å². The van der Waals surface area contributed by atoms with Gasteiger partial charge < -0.3 is 9.84 Å². The number of amides is 1. The Labute approximate surface area is 145 Å². The molecule has 0 bridgehead atoms. The number of thioether (sulfide) groups is 1. The lowest BCUT2D eigenvalue weighted by atomic mass is 10.2. The van der Waals surface area contributed by atoms with Gasteiger partial charge in [-0.05, 0) is 38.1 Å². The van der Waals surface area contributed by atoms with Crippen LogP contribution >= 0.6 is 11.8 Å². The van der Waals surface area contributed by atoms with E-state index >= 15 is 0 Å². The Morgan fingerprint density at radius 2 is 1.79 bits per heavy atom. The number of aryl methyl sites for hydroxylation is 2. The number of hydrogen-bond acceptors (Lipinski definition) is 4. The molecule has 3 rings (SSSR count). The number of anilines is 1. The largest absolute Gasteiger partial charge is 0.361 e. The molecule has 0 atom stereocenters. The summed E-state index contributed by atoms with van der Waals surface area (Å²) in [5.74, 6) is 1.44. The Morgan fingerprint density at radius 3 is 2.50 bits per heavy atom. The average molecular weight is 338 g/mol. The molecule has 2 aromatic carbocycles. The standard InChI is InChI=1S/C19H18N2O2S/c1-13-17(14(2)23-21-13)12-24-18-11-7-6-10-16(18)19(22)20-15-8-4-3-5-9-15/h3-11H,12H2,1-2H3,(H,20,22). The third kappa shape index (κ3) is 3.68. The van der Waals surface area contributed by atoms with E-state index in [-0.39, 0.29) is 5.91 Å². The first-order valence-electron chi connectivity index (χ1n) is 7.65. The zero-order valence-electron chi connectivity index (χ0n) is 13.6. The molecule has 0 fully saturated rings. The second kappa shape index (κ2) is 7.36. The first-order valence-corrected chi connectivity index (χ1v) is 8.63. The molecule has 0 aliphatic heterocycles. The topological polar surface area (TPSA) is 55.1 Å². The Bertz CT molecular complexity index is 824. The number of hydrogen-bond donors (Lipinski definition) is 1. The van der Waals surface area contributed by atoms with Crippen molar-refractivity contribution in [1.29, 1.82) is 0 Å². The maximum Gasteiger partial charge on any atom is 0.256 e. The fourth-order valence-corrected chi connectivity index (χ4v) is 3.56. The van der Waals surface area contributed by atoms with E-state index in [1.165, 1.54) is 0 Å². The lowest BCUT2D eigenvalue weighted by molar-refractivity contribution is 0.102. The van der Waals surface area contributed by atoms with Crippen LogP contribution in [0.15, 0.2) is 64.0 Å². The van der Waals surface area contributed by atoms with Crippen molar-refractivity contribution in [3.8, 4) is 0 Å². The summed E-state index contributed by atoms with van der Waals surface area (Å²) in [6, 6.07) is 17.1. The van der Waals surface area contributed by atoms with Crippen molar-refractivity contribution in [3.63, 3.8) is 0 Å². The molecule has 0 aliphatic rings. The van der Waals surface area contributed by atoms with Crippen molar-refractivity contribution in [2.24, 2.45) is 0 Å². The normalized spacial score (nSPS) is 10.6. The molecule has 0 saturated carbocycles. The predicted molar refractivity (Wildman–Crippen MR) is 96.4 cm³/mol. The van der Waals surface area contributed by atoms with Gasteiger partial charge in [-0.1, -0.05) is 35.5 Å². The summed E-state index contributed by atoms with van der Waals surface area (Å²) in [7, 11) is 0. The van der Waals surface area contributed by atoms with Crippen molar-refractivity contribution in [1.82, 2.24) is 5.16 Å². The minimum Gasteiger partial charge on any atom is -0.361 e. The van der Waals surface area contributed by atoms with Crippen LogP contribution < -0.4 is 5.32 Å². The molecule has 1 N–H and O–H groups in total. The molecule has 1 aromatic heterocycles. The van der Waals surface area contributed by atoms with Crippen LogP contribution in [0.5, 0.6) is 0 Å². The van der Waals surface area contributed by atoms with Gasteiger partial charge in [0.15, 0.2) is 0 Å². The number of nitrogens with zero attached hydrogens (tertiary/aromatic N) is 1. The van der Waals surface area contributed by atoms with Gasteiger partial charge in [0, 0.05) is 21.9 Å². The summed E-state index contributed by atoms with van der Waals surface area (Å²) < 4.78 is 5.20. The van der Waals surface area contributed by atoms with Crippen molar-refractivity contribution in [2.45, 2.75) is 24.5 Å². The summed E-state index contributed by atoms with van der Waals surface area (Å²) in [6.07, 6.45) is 0. The van der Waals surface area contributed by atoms with Crippen LogP contribution in [-0.4, -0.2) is 11.1 Å². The highest BCUT2D eigenvalue weighted by Crippen LogP contribution is 2.29. The van der Waals surface area contributed by atoms with Gasteiger partial charge in [-0.3, -0.25) is 4.79 Å². The van der Waals surface area contributed by atoms with Crippen LogP contribution in [0.4, 0.5) is 5.69 Å². The monoisotopic (exact) mass is 338 g/mol. The molecule has 1 heterocycles. The molecular formula is C19H18N2O2S. The molecule has 0 radical (unpaired) electrons. The molecule has 122 valence electrons. The zero-order chi connectivity index (χ0) is 16.9. The number of nitrogens with one attached hydrogen (secondary N) is 1. The van der Waals surface area contributed by atoms with Gasteiger partial charge >= 0.3 is 0 Å². The molecule has 0 aliphatic carbocycles. The Kier molecular flexibility index (Phi) is 5.01. The number of aromatic nitrogens is 1. The lowest BCUT2D eigenvalue weighted by Gasteiger charge is -2.10. The smallest absolute Gasteiger partial charge is 0.256 e. The number of carbonyl (C=O) groups excluding carboxylic acids is 1. The van der Waals surface area contributed by atoms with E-state index in [9.17, 15) is 4.79 Å². The number of para-hydroxylation sites is 1. The van der Waals surface area contributed by atoms with Gasteiger partial charge in [0.1, 0.15) is 5.76 Å². The first kappa shape index (κ1) is 16.3. The van der Waals surface area contributed by atoms with Gasteiger partial charge in [0.2, 0.25) is 0 Å². The quantitative estimate of drug-likeness (QED) is 0.677. The summed E-state index contributed by atoms with van der Waals surface area (Å²) >= 11 is 1.61. The van der Waals surface area contributed by atoms with Crippen molar-refractivity contribution < 1.29 is 9.32 Å². The van der Waals surface area contributed by atoms with Gasteiger partial charge in [-0.15, -0.1) is 11.8 Å². The van der Waals surface area contributed by atoms with Crippen molar-refractivity contribution in [2.75, 3.05) is 5.32 Å².